The van der Waals surface area contributed by atoms with Crippen LogP contribution in [0.1, 0.15) is 12.0 Å². The summed E-state index contributed by atoms with van der Waals surface area (Å²) in [5.74, 6) is 0.975. The van der Waals surface area contributed by atoms with Crippen molar-refractivity contribution in [1.29, 1.82) is 0 Å². The standard InChI is InChI=1S/C16H20F5N3O4/c1-22-15(23-3-2-4-25-8-16(19,20)21)24-7-10-5-12-13(27-9-26-12)6-11(10)28-14(17)18/h5-6,14H,2-4,7-9H2,1H3,(H2,22,23,24). The number of nitrogens with one attached hydrogen (secondary N) is 2. The maximum absolute atomic E-state index is 12.6. The van der Waals surface area contributed by atoms with Crippen molar-refractivity contribution >= 4 is 5.96 Å². The van der Waals surface area contributed by atoms with Crippen LogP contribution in [0.3, 0.4) is 0 Å². The van der Waals surface area contributed by atoms with Crippen LogP contribution in [0.5, 0.6) is 17.2 Å². The first kappa shape index (κ1) is 21.8. The van der Waals surface area contributed by atoms with Crippen LogP contribution in [0.25, 0.3) is 0 Å². The van der Waals surface area contributed by atoms with E-state index in [1.807, 2.05) is 0 Å². The van der Waals surface area contributed by atoms with Crippen molar-refractivity contribution in [1.82, 2.24) is 10.6 Å². The Morgan fingerprint density at radius 3 is 2.57 bits per heavy atom. The molecule has 28 heavy (non-hydrogen) atoms. The van der Waals surface area contributed by atoms with Crippen molar-refractivity contribution in [3.8, 4) is 17.2 Å². The predicted molar refractivity (Wildman–Crippen MR) is 88.9 cm³/mol. The third-order valence-corrected chi connectivity index (χ3v) is 3.47. The van der Waals surface area contributed by atoms with Crippen LogP contribution < -0.4 is 24.8 Å². The lowest BCUT2D eigenvalue weighted by Crippen LogP contribution is -2.37. The molecular formula is C16H20F5N3O4. The van der Waals surface area contributed by atoms with Crippen molar-refractivity contribution in [2.75, 3.05) is 33.6 Å². The fraction of sp³-hybridized carbons (Fsp3) is 0.562. The summed E-state index contributed by atoms with van der Waals surface area (Å²) < 4.78 is 80.5. The minimum Gasteiger partial charge on any atom is -0.454 e. The molecule has 0 fully saturated rings. The smallest absolute Gasteiger partial charge is 0.411 e. The van der Waals surface area contributed by atoms with Crippen molar-refractivity contribution in [3.63, 3.8) is 0 Å². The Bertz CT molecular complexity index is 670. The van der Waals surface area contributed by atoms with Gasteiger partial charge in [-0.25, -0.2) is 0 Å². The first-order valence-corrected chi connectivity index (χ1v) is 8.25. The lowest BCUT2D eigenvalue weighted by atomic mass is 10.1. The highest BCUT2D eigenvalue weighted by Gasteiger charge is 2.27. The average molecular weight is 413 g/mol. The van der Waals surface area contributed by atoms with Gasteiger partial charge in [0, 0.05) is 38.4 Å². The number of ether oxygens (including phenoxy) is 4. The summed E-state index contributed by atoms with van der Waals surface area (Å²) in [6.07, 6.45) is -4.03. The van der Waals surface area contributed by atoms with Gasteiger partial charge in [0.25, 0.3) is 0 Å². The number of fused-ring (bicyclic) bond motifs is 1. The first-order chi connectivity index (χ1) is 13.3. The summed E-state index contributed by atoms with van der Waals surface area (Å²) in [5, 5.41) is 5.79. The van der Waals surface area contributed by atoms with Gasteiger partial charge in [-0.1, -0.05) is 0 Å². The van der Waals surface area contributed by atoms with E-state index in [1.54, 1.807) is 0 Å². The van der Waals surface area contributed by atoms with Crippen LogP contribution in [0.15, 0.2) is 17.1 Å². The fourth-order valence-electron chi connectivity index (χ4n) is 2.28. The molecule has 0 radical (unpaired) electrons. The molecule has 12 heteroatoms. The molecule has 158 valence electrons. The molecule has 1 heterocycles. The third-order valence-electron chi connectivity index (χ3n) is 3.47. The molecule has 0 atom stereocenters. The van der Waals surface area contributed by atoms with Crippen LogP contribution in [0.4, 0.5) is 22.0 Å². The number of benzene rings is 1. The summed E-state index contributed by atoms with van der Waals surface area (Å²) >= 11 is 0. The molecule has 0 aliphatic carbocycles. The van der Waals surface area contributed by atoms with Gasteiger partial charge in [0.2, 0.25) is 6.79 Å². The van der Waals surface area contributed by atoms with Crippen LogP contribution >= 0.6 is 0 Å². The van der Waals surface area contributed by atoms with E-state index in [9.17, 15) is 22.0 Å². The molecule has 0 aromatic heterocycles. The number of alkyl halides is 5. The monoisotopic (exact) mass is 413 g/mol. The molecule has 0 bridgehead atoms. The fourth-order valence-corrected chi connectivity index (χ4v) is 2.28. The molecule has 1 aliphatic heterocycles. The van der Waals surface area contributed by atoms with Crippen LogP contribution in [0, 0.1) is 0 Å². The zero-order valence-electron chi connectivity index (χ0n) is 14.9. The predicted octanol–water partition coefficient (Wildman–Crippen LogP) is 2.65. The minimum atomic E-state index is -4.35. The van der Waals surface area contributed by atoms with E-state index < -0.39 is 19.4 Å². The van der Waals surface area contributed by atoms with E-state index in [-0.39, 0.29) is 25.7 Å². The second-order valence-corrected chi connectivity index (χ2v) is 5.57. The summed E-state index contributed by atoms with van der Waals surface area (Å²) in [6.45, 7) is -4.00. The van der Waals surface area contributed by atoms with Gasteiger partial charge in [0.15, 0.2) is 17.5 Å². The van der Waals surface area contributed by atoms with E-state index in [4.69, 9.17) is 9.47 Å². The van der Waals surface area contributed by atoms with E-state index in [2.05, 4.69) is 25.1 Å². The Labute approximate surface area is 157 Å². The van der Waals surface area contributed by atoms with Crippen molar-refractivity contribution < 1.29 is 40.9 Å². The number of nitrogens with zero attached hydrogens (tertiary/aromatic N) is 1. The molecule has 0 saturated heterocycles. The van der Waals surface area contributed by atoms with E-state index in [1.165, 1.54) is 19.2 Å². The van der Waals surface area contributed by atoms with Gasteiger partial charge in [0.1, 0.15) is 12.4 Å². The highest BCUT2D eigenvalue weighted by molar-refractivity contribution is 5.79. The van der Waals surface area contributed by atoms with Gasteiger partial charge in [-0.3, -0.25) is 4.99 Å². The van der Waals surface area contributed by atoms with Crippen LogP contribution in [-0.2, 0) is 11.3 Å². The summed E-state index contributed by atoms with van der Waals surface area (Å²) in [5.41, 5.74) is 0.390. The van der Waals surface area contributed by atoms with Crippen molar-refractivity contribution in [2.45, 2.75) is 25.8 Å². The van der Waals surface area contributed by atoms with E-state index >= 15 is 0 Å². The second kappa shape index (κ2) is 10.2. The number of rotatable bonds is 9. The molecule has 7 nitrogen and oxygen atoms in total. The molecule has 1 aromatic rings. The highest BCUT2D eigenvalue weighted by atomic mass is 19.4. The molecule has 0 spiro atoms. The quantitative estimate of drug-likeness (QED) is 0.281. The van der Waals surface area contributed by atoms with Gasteiger partial charge in [-0.05, 0) is 12.5 Å². The second-order valence-electron chi connectivity index (χ2n) is 5.57. The summed E-state index contributed by atoms with van der Waals surface area (Å²) in [6, 6.07) is 2.84. The van der Waals surface area contributed by atoms with E-state index in [0.717, 1.165) is 0 Å². The Hall–Kier alpha value is -2.50. The van der Waals surface area contributed by atoms with Gasteiger partial charge < -0.3 is 29.6 Å². The summed E-state index contributed by atoms with van der Waals surface area (Å²) in [4.78, 5) is 3.95. The van der Waals surface area contributed by atoms with Gasteiger partial charge >= 0.3 is 12.8 Å². The Balaban J connectivity index is 1.82. The molecular weight excluding hydrogens is 393 g/mol. The van der Waals surface area contributed by atoms with Crippen LogP contribution in [0.2, 0.25) is 0 Å². The maximum atomic E-state index is 12.6. The zero-order valence-corrected chi connectivity index (χ0v) is 14.9. The Kier molecular flexibility index (Phi) is 7.91. The van der Waals surface area contributed by atoms with E-state index in [0.29, 0.717) is 36.0 Å². The molecule has 2 rings (SSSR count). The number of halogens is 5. The molecule has 0 unspecified atom stereocenters. The van der Waals surface area contributed by atoms with Crippen molar-refractivity contribution in [3.05, 3.63) is 17.7 Å². The number of hydrogen-bond donors (Lipinski definition) is 2. The average Bonchev–Trinajstić information content (AvgIpc) is 3.06. The molecule has 2 N–H and O–H groups in total. The first-order valence-electron chi connectivity index (χ1n) is 8.25. The number of aliphatic imine (C=N–C) groups is 1. The highest BCUT2D eigenvalue weighted by Crippen LogP contribution is 2.38. The number of guanidine groups is 1. The van der Waals surface area contributed by atoms with Crippen LogP contribution in [-0.4, -0.2) is 52.3 Å². The van der Waals surface area contributed by atoms with Gasteiger partial charge in [-0.2, -0.15) is 22.0 Å². The third kappa shape index (κ3) is 7.25. The Morgan fingerprint density at radius 2 is 1.93 bits per heavy atom. The van der Waals surface area contributed by atoms with Crippen molar-refractivity contribution in [2.24, 2.45) is 4.99 Å². The lowest BCUT2D eigenvalue weighted by molar-refractivity contribution is -0.173. The maximum Gasteiger partial charge on any atom is 0.411 e. The molecule has 1 aromatic carbocycles. The molecule has 1 aliphatic rings. The Morgan fingerprint density at radius 1 is 1.21 bits per heavy atom. The normalized spacial score (nSPS) is 13.8. The topological polar surface area (TPSA) is 73.3 Å². The minimum absolute atomic E-state index is 0.0139. The zero-order chi connectivity index (χ0) is 20.6. The summed E-state index contributed by atoms with van der Waals surface area (Å²) in [7, 11) is 1.49. The van der Waals surface area contributed by atoms with Gasteiger partial charge in [-0.15, -0.1) is 0 Å². The molecule has 0 amide bonds. The lowest BCUT2D eigenvalue weighted by Gasteiger charge is -2.15. The SMILES string of the molecule is CN=C(NCCCOCC(F)(F)F)NCc1cc2c(cc1OC(F)F)OCO2. The molecule has 0 saturated carbocycles. The van der Waals surface area contributed by atoms with Gasteiger partial charge in [0.05, 0.1) is 0 Å². The number of hydrogen-bond acceptors (Lipinski definition) is 5. The largest absolute Gasteiger partial charge is 0.454 e.